The van der Waals surface area contributed by atoms with Crippen LogP contribution in [0.25, 0.3) is 0 Å². The number of aliphatic hydroxyl groups excluding tert-OH is 1. The molecule has 1 heterocycles. The van der Waals surface area contributed by atoms with Gasteiger partial charge in [0.05, 0.1) is 0 Å². The lowest BCUT2D eigenvalue weighted by Crippen LogP contribution is -2.48. The number of piperidine rings is 1. The molecular weight excluding hydrogens is 162 g/mol. The summed E-state index contributed by atoms with van der Waals surface area (Å²) in [5.74, 6) is 2.99. The fourth-order valence-electron chi connectivity index (χ4n) is 3.39. The van der Waals surface area contributed by atoms with Gasteiger partial charge in [-0.15, -0.1) is 0 Å². The molecule has 2 fully saturated rings. The van der Waals surface area contributed by atoms with E-state index in [-0.39, 0.29) is 0 Å². The van der Waals surface area contributed by atoms with Gasteiger partial charge in [-0.05, 0) is 49.6 Å². The number of aliphatic hydroxyl groups is 1. The highest BCUT2D eigenvalue weighted by molar-refractivity contribution is 4.90. The Kier molecular flexibility index (Phi) is 2.89. The summed E-state index contributed by atoms with van der Waals surface area (Å²) in [5, 5.41) is 12.7. The second kappa shape index (κ2) is 3.97. The molecular formula is C11H21NO. The number of fused-ring (bicyclic) bond motifs is 2. The standard InChI is InChI=1S/C11H21NO/c1-8(7-13)11-9-3-2-4-10(11)6-12-5-9/h8-13H,2-7H2,1H3. The third kappa shape index (κ3) is 1.75. The molecule has 2 nitrogen and oxygen atoms in total. The summed E-state index contributed by atoms with van der Waals surface area (Å²) in [6, 6.07) is 0. The van der Waals surface area contributed by atoms with Crippen LogP contribution < -0.4 is 5.32 Å². The molecule has 1 saturated carbocycles. The Morgan fingerprint density at radius 1 is 1.31 bits per heavy atom. The van der Waals surface area contributed by atoms with E-state index in [0.29, 0.717) is 12.5 Å². The van der Waals surface area contributed by atoms with Gasteiger partial charge in [-0.25, -0.2) is 0 Å². The third-order valence-electron chi connectivity index (χ3n) is 4.00. The zero-order valence-electron chi connectivity index (χ0n) is 8.50. The molecule has 0 aromatic heterocycles. The van der Waals surface area contributed by atoms with Crippen LogP contribution in [0.4, 0.5) is 0 Å². The van der Waals surface area contributed by atoms with Crippen molar-refractivity contribution < 1.29 is 5.11 Å². The zero-order chi connectivity index (χ0) is 9.26. The lowest BCUT2D eigenvalue weighted by Gasteiger charge is -2.45. The second-order valence-corrected chi connectivity index (χ2v) is 4.85. The molecule has 1 aliphatic heterocycles. The van der Waals surface area contributed by atoms with Gasteiger partial charge < -0.3 is 10.4 Å². The number of rotatable bonds is 2. The Hall–Kier alpha value is -0.0800. The SMILES string of the molecule is CC(CO)C1C2CCCC1CNC2. The maximum absolute atomic E-state index is 9.22. The summed E-state index contributed by atoms with van der Waals surface area (Å²) in [4.78, 5) is 0. The van der Waals surface area contributed by atoms with Gasteiger partial charge in [0, 0.05) is 6.61 Å². The van der Waals surface area contributed by atoms with Crippen LogP contribution in [0.3, 0.4) is 0 Å². The van der Waals surface area contributed by atoms with Crippen molar-refractivity contribution >= 4 is 0 Å². The van der Waals surface area contributed by atoms with E-state index in [4.69, 9.17) is 0 Å². The van der Waals surface area contributed by atoms with Crippen LogP contribution >= 0.6 is 0 Å². The van der Waals surface area contributed by atoms with Crippen LogP contribution in [0.5, 0.6) is 0 Å². The average molecular weight is 183 g/mol. The lowest BCUT2D eigenvalue weighted by molar-refractivity contribution is 0.0382. The Labute approximate surface area is 80.7 Å². The molecule has 2 rings (SSSR count). The fourth-order valence-corrected chi connectivity index (χ4v) is 3.39. The molecule has 2 bridgehead atoms. The first-order valence-electron chi connectivity index (χ1n) is 5.64. The maximum atomic E-state index is 9.22. The van der Waals surface area contributed by atoms with E-state index in [1.165, 1.54) is 32.4 Å². The fraction of sp³-hybridized carbons (Fsp3) is 1.00. The molecule has 76 valence electrons. The summed E-state index contributed by atoms with van der Waals surface area (Å²) in [7, 11) is 0. The highest BCUT2D eigenvalue weighted by Gasteiger charge is 2.38. The van der Waals surface area contributed by atoms with E-state index in [9.17, 15) is 5.11 Å². The molecule has 0 spiro atoms. The van der Waals surface area contributed by atoms with Crippen molar-refractivity contribution in [2.45, 2.75) is 26.2 Å². The highest BCUT2D eigenvalue weighted by atomic mass is 16.3. The van der Waals surface area contributed by atoms with Crippen molar-refractivity contribution in [2.24, 2.45) is 23.7 Å². The van der Waals surface area contributed by atoms with E-state index >= 15 is 0 Å². The predicted octanol–water partition coefficient (Wildman–Crippen LogP) is 1.25. The van der Waals surface area contributed by atoms with Crippen molar-refractivity contribution in [3.05, 3.63) is 0 Å². The molecule has 0 amide bonds. The topological polar surface area (TPSA) is 32.3 Å². The molecule has 3 unspecified atom stereocenters. The van der Waals surface area contributed by atoms with Gasteiger partial charge in [-0.3, -0.25) is 0 Å². The van der Waals surface area contributed by atoms with Crippen molar-refractivity contribution in [3.8, 4) is 0 Å². The van der Waals surface area contributed by atoms with Crippen LogP contribution in [-0.4, -0.2) is 24.8 Å². The summed E-state index contributed by atoms with van der Waals surface area (Å²) in [6.07, 6.45) is 4.16. The smallest absolute Gasteiger partial charge is 0.0459 e. The quantitative estimate of drug-likeness (QED) is 0.675. The van der Waals surface area contributed by atoms with Crippen LogP contribution in [0, 0.1) is 23.7 Å². The summed E-state index contributed by atoms with van der Waals surface area (Å²) in [6.45, 7) is 4.95. The molecule has 2 heteroatoms. The monoisotopic (exact) mass is 183 g/mol. The van der Waals surface area contributed by atoms with Crippen molar-refractivity contribution in [1.29, 1.82) is 0 Å². The van der Waals surface area contributed by atoms with Gasteiger partial charge in [-0.2, -0.15) is 0 Å². The number of nitrogens with one attached hydrogen (secondary N) is 1. The molecule has 0 radical (unpaired) electrons. The first kappa shape index (κ1) is 9.47. The van der Waals surface area contributed by atoms with Gasteiger partial charge in [0.15, 0.2) is 0 Å². The summed E-state index contributed by atoms with van der Waals surface area (Å²) in [5.41, 5.74) is 0. The van der Waals surface area contributed by atoms with Crippen LogP contribution in [0.1, 0.15) is 26.2 Å². The molecule has 1 saturated heterocycles. The second-order valence-electron chi connectivity index (χ2n) is 4.85. The third-order valence-corrected chi connectivity index (χ3v) is 4.00. The molecule has 2 N–H and O–H groups in total. The van der Waals surface area contributed by atoms with Gasteiger partial charge in [0.2, 0.25) is 0 Å². The molecule has 3 atom stereocenters. The minimum Gasteiger partial charge on any atom is -0.396 e. The van der Waals surface area contributed by atoms with Crippen LogP contribution in [-0.2, 0) is 0 Å². The molecule has 2 aliphatic rings. The van der Waals surface area contributed by atoms with Gasteiger partial charge in [-0.1, -0.05) is 13.3 Å². The summed E-state index contributed by atoms with van der Waals surface area (Å²) < 4.78 is 0. The Balaban J connectivity index is 2.06. The number of hydrogen-bond donors (Lipinski definition) is 2. The predicted molar refractivity (Wildman–Crippen MR) is 53.4 cm³/mol. The van der Waals surface area contributed by atoms with Crippen LogP contribution in [0.15, 0.2) is 0 Å². The lowest BCUT2D eigenvalue weighted by atomic mass is 9.65. The van der Waals surface area contributed by atoms with E-state index < -0.39 is 0 Å². The highest BCUT2D eigenvalue weighted by Crippen LogP contribution is 2.40. The van der Waals surface area contributed by atoms with E-state index in [0.717, 1.165) is 17.8 Å². The minimum absolute atomic E-state index is 0.373. The van der Waals surface area contributed by atoms with Crippen molar-refractivity contribution in [3.63, 3.8) is 0 Å². The normalized spacial score (nSPS) is 41.5. The first-order chi connectivity index (χ1) is 6.33. The molecule has 1 aliphatic carbocycles. The van der Waals surface area contributed by atoms with E-state index in [2.05, 4.69) is 12.2 Å². The van der Waals surface area contributed by atoms with Gasteiger partial charge in [0.1, 0.15) is 0 Å². The molecule has 0 aromatic carbocycles. The molecule has 0 aromatic rings. The maximum Gasteiger partial charge on any atom is 0.0459 e. The zero-order valence-corrected chi connectivity index (χ0v) is 8.50. The van der Waals surface area contributed by atoms with E-state index in [1.807, 2.05) is 0 Å². The van der Waals surface area contributed by atoms with E-state index in [1.54, 1.807) is 0 Å². The van der Waals surface area contributed by atoms with Gasteiger partial charge in [0.25, 0.3) is 0 Å². The Morgan fingerprint density at radius 2 is 1.92 bits per heavy atom. The molecule has 13 heavy (non-hydrogen) atoms. The Morgan fingerprint density at radius 3 is 2.46 bits per heavy atom. The summed E-state index contributed by atoms with van der Waals surface area (Å²) >= 11 is 0. The van der Waals surface area contributed by atoms with Crippen LogP contribution in [0.2, 0.25) is 0 Å². The first-order valence-corrected chi connectivity index (χ1v) is 5.64. The Bertz CT molecular complexity index is 149. The minimum atomic E-state index is 0.373. The number of hydrogen-bond acceptors (Lipinski definition) is 2. The van der Waals surface area contributed by atoms with Gasteiger partial charge >= 0.3 is 0 Å². The van der Waals surface area contributed by atoms with Crippen molar-refractivity contribution in [2.75, 3.05) is 19.7 Å². The van der Waals surface area contributed by atoms with Crippen molar-refractivity contribution in [1.82, 2.24) is 5.32 Å². The average Bonchev–Trinajstić information content (AvgIpc) is 2.15. The largest absolute Gasteiger partial charge is 0.396 e.